The molecule has 0 amide bonds. The number of Topliss-reactive ketones (excluding diaryl/α,β-unsaturated/α-hetero) is 1. The van der Waals surface area contributed by atoms with Crippen molar-refractivity contribution in [2.45, 2.75) is 40.5 Å². The maximum Gasteiger partial charge on any atom is 0.210 e. The number of thiazole rings is 1. The van der Waals surface area contributed by atoms with Gasteiger partial charge in [0.2, 0.25) is 5.13 Å². The predicted molar refractivity (Wildman–Crippen MR) is 94.9 cm³/mol. The molecule has 4 nitrogen and oxygen atoms in total. The number of aliphatic imine (C=N–C) groups is 1. The lowest BCUT2D eigenvalue weighted by molar-refractivity contribution is -0.117. The number of rotatable bonds is 2. The molecule has 1 aliphatic carbocycles. The fourth-order valence-corrected chi connectivity index (χ4v) is 3.97. The number of aromatic nitrogens is 1. The Morgan fingerprint density at radius 1 is 1.30 bits per heavy atom. The fraction of sp³-hybridized carbons (Fsp3) is 0.389. The fourth-order valence-electron chi connectivity index (χ4n) is 2.98. The first-order chi connectivity index (χ1) is 10.7. The van der Waals surface area contributed by atoms with E-state index in [0.29, 0.717) is 23.5 Å². The molecule has 1 aromatic carbocycles. The number of carbonyl (C=O) groups excluding carboxylic acids is 1. The molecule has 0 saturated heterocycles. The number of fused-ring (bicyclic) bond motifs is 1. The molecule has 1 N–H and O–H groups in total. The molecule has 0 bridgehead atoms. The standard InChI is InChI=1S/C18H20N2O2S/c1-10-5-11(2)16-15(6-10)23-17(20-16)19-9-12-13(21)7-18(3,4)8-14(12)22/h5-6,9,21H,7-8H2,1-4H3. The van der Waals surface area contributed by atoms with Gasteiger partial charge in [-0.05, 0) is 36.5 Å². The monoisotopic (exact) mass is 328 g/mol. The second kappa shape index (κ2) is 5.57. The normalized spacial score (nSPS) is 18.3. The molecular weight excluding hydrogens is 308 g/mol. The lowest BCUT2D eigenvalue weighted by Crippen LogP contribution is -2.26. The third kappa shape index (κ3) is 3.20. The maximum absolute atomic E-state index is 12.2. The van der Waals surface area contributed by atoms with E-state index < -0.39 is 0 Å². The van der Waals surface area contributed by atoms with Crippen LogP contribution in [0.2, 0.25) is 0 Å². The van der Waals surface area contributed by atoms with Gasteiger partial charge in [0.25, 0.3) is 0 Å². The Labute approximate surface area is 139 Å². The summed E-state index contributed by atoms with van der Waals surface area (Å²) in [6, 6.07) is 4.18. The molecule has 0 radical (unpaired) electrons. The molecule has 1 aliphatic rings. The van der Waals surface area contributed by atoms with Gasteiger partial charge in [0.05, 0.1) is 15.8 Å². The Bertz CT molecular complexity index is 859. The van der Waals surface area contributed by atoms with Crippen molar-refractivity contribution in [2.75, 3.05) is 0 Å². The number of aliphatic hydroxyl groups is 1. The summed E-state index contributed by atoms with van der Waals surface area (Å²) in [5.74, 6) is 0.0683. The minimum absolute atomic E-state index is 0.0596. The molecule has 0 atom stereocenters. The van der Waals surface area contributed by atoms with Crippen LogP contribution in [0.4, 0.5) is 5.13 Å². The zero-order valence-corrected chi connectivity index (χ0v) is 14.6. The van der Waals surface area contributed by atoms with Crippen molar-refractivity contribution in [3.8, 4) is 0 Å². The van der Waals surface area contributed by atoms with E-state index in [0.717, 1.165) is 15.8 Å². The van der Waals surface area contributed by atoms with Crippen molar-refractivity contribution in [1.29, 1.82) is 0 Å². The molecular formula is C18H20N2O2S. The van der Waals surface area contributed by atoms with E-state index in [1.165, 1.54) is 23.1 Å². The minimum atomic E-state index is -0.191. The average molecular weight is 328 g/mol. The van der Waals surface area contributed by atoms with Gasteiger partial charge in [-0.1, -0.05) is 31.3 Å². The van der Waals surface area contributed by atoms with Crippen LogP contribution in [0.25, 0.3) is 10.2 Å². The van der Waals surface area contributed by atoms with Crippen LogP contribution in [-0.4, -0.2) is 22.1 Å². The average Bonchev–Trinajstić information content (AvgIpc) is 2.79. The van der Waals surface area contributed by atoms with Gasteiger partial charge in [0.1, 0.15) is 5.76 Å². The van der Waals surface area contributed by atoms with E-state index in [2.05, 4.69) is 29.0 Å². The molecule has 2 aromatic rings. The molecule has 0 fully saturated rings. The molecule has 120 valence electrons. The first-order valence-electron chi connectivity index (χ1n) is 7.62. The molecule has 23 heavy (non-hydrogen) atoms. The summed E-state index contributed by atoms with van der Waals surface area (Å²) in [6.07, 6.45) is 2.39. The zero-order valence-electron chi connectivity index (χ0n) is 13.8. The van der Waals surface area contributed by atoms with Crippen LogP contribution in [0.1, 0.15) is 37.8 Å². The third-order valence-electron chi connectivity index (χ3n) is 4.02. The molecule has 1 aromatic heterocycles. The van der Waals surface area contributed by atoms with Gasteiger partial charge in [-0.2, -0.15) is 0 Å². The van der Waals surface area contributed by atoms with Gasteiger partial charge in [-0.25, -0.2) is 9.98 Å². The largest absolute Gasteiger partial charge is 0.511 e. The van der Waals surface area contributed by atoms with Crippen molar-refractivity contribution >= 4 is 38.7 Å². The molecule has 3 rings (SSSR count). The van der Waals surface area contributed by atoms with Crippen molar-refractivity contribution in [2.24, 2.45) is 10.4 Å². The van der Waals surface area contributed by atoms with E-state index in [4.69, 9.17) is 0 Å². The van der Waals surface area contributed by atoms with Crippen molar-refractivity contribution in [3.05, 3.63) is 34.6 Å². The number of allylic oxidation sites excluding steroid dienone is 2. The number of ketones is 1. The van der Waals surface area contributed by atoms with Crippen LogP contribution in [0.5, 0.6) is 0 Å². The lowest BCUT2D eigenvalue weighted by atomic mass is 9.77. The Morgan fingerprint density at radius 2 is 2.04 bits per heavy atom. The maximum atomic E-state index is 12.2. The van der Waals surface area contributed by atoms with Crippen LogP contribution in [0.3, 0.4) is 0 Å². The van der Waals surface area contributed by atoms with Crippen molar-refractivity contribution < 1.29 is 9.90 Å². The smallest absolute Gasteiger partial charge is 0.210 e. The van der Waals surface area contributed by atoms with Crippen LogP contribution < -0.4 is 0 Å². The Morgan fingerprint density at radius 3 is 2.74 bits per heavy atom. The van der Waals surface area contributed by atoms with Gasteiger partial charge in [-0.3, -0.25) is 4.79 Å². The molecule has 0 unspecified atom stereocenters. The number of aryl methyl sites for hydroxylation is 2. The first kappa shape index (κ1) is 15.9. The number of aliphatic hydroxyl groups excluding tert-OH is 1. The zero-order chi connectivity index (χ0) is 16.8. The summed E-state index contributed by atoms with van der Waals surface area (Å²) >= 11 is 1.49. The molecule has 0 spiro atoms. The Hall–Kier alpha value is -2.01. The van der Waals surface area contributed by atoms with Gasteiger partial charge in [-0.15, -0.1) is 0 Å². The topological polar surface area (TPSA) is 62.6 Å². The van der Waals surface area contributed by atoms with Crippen LogP contribution in [-0.2, 0) is 4.79 Å². The van der Waals surface area contributed by atoms with E-state index in [-0.39, 0.29) is 17.0 Å². The quantitative estimate of drug-likeness (QED) is 0.804. The first-order valence-corrected chi connectivity index (χ1v) is 8.44. The highest BCUT2D eigenvalue weighted by Crippen LogP contribution is 2.36. The van der Waals surface area contributed by atoms with Gasteiger partial charge < -0.3 is 5.11 Å². The number of hydrogen-bond acceptors (Lipinski definition) is 5. The van der Waals surface area contributed by atoms with Crippen LogP contribution >= 0.6 is 11.3 Å². The summed E-state index contributed by atoms with van der Waals surface area (Å²) in [4.78, 5) is 21.0. The molecule has 1 heterocycles. The molecule has 0 saturated carbocycles. The number of benzene rings is 1. The predicted octanol–water partition coefficient (Wildman–Crippen LogP) is 4.82. The van der Waals surface area contributed by atoms with E-state index in [1.54, 1.807) is 0 Å². The summed E-state index contributed by atoms with van der Waals surface area (Å²) in [7, 11) is 0. The molecule has 5 heteroatoms. The minimum Gasteiger partial charge on any atom is -0.511 e. The SMILES string of the molecule is Cc1cc(C)c2nc(N=CC3=C(O)CC(C)(C)CC3=O)sc2c1. The number of nitrogens with zero attached hydrogens (tertiary/aromatic N) is 2. The van der Waals surface area contributed by atoms with Gasteiger partial charge >= 0.3 is 0 Å². The lowest BCUT2D eigenvalue weighted by Gasteiger charge is -2.28. The second-order valence-corrected chi connectivity index (χ2v) is 7.99. The highest BCUT2D eigenvalue weighted by molar-refractivity contribution is 7.22. The van der Waals surface area contributed by atoms with E-state index in [9.17, 15) is 9.90 Å². The van der Waals surface area contributed by atoms with E-state index >= 15 is 0 Å². The number of carbonyl (C=O) groups is 1. The van der Waals surface area contributed by atoms with Crippen LogP contribution in [0, 0.1) is 19.3 Å². The van der Waals surface area contributed by atoms with Gasteiger partial charge in [0.15, 0.2) is 5.78 Å². The highest BCUT2D eigenvalue weighted by Gasteiger charge is 2.32. The number of hydrogen-bond donors (Lipinski definition) is 1. The third-order valence-corrected chi connectivity index (χ3v) is 4.93. The van der Waals surface area contributed by atoms with Crippen molar-refractivity contribution in [3.63, 3.8) is 0 Å². The van der Waals surface area contributed by atoms with E-state index in [1.807, 2.05) is 20.8 Å². The Balaban J connectivity index is 1.94. The van der Waals surface area contributed by atoms with Crippen molar-refractivity contribution in [1.82, 2.24) is 4.98 Å². The summed E-state index contributed by atoms with van der Waals surface area (Å²) in [5, 5.41) is 10.7. The summed E-state index contributed by atoms with van der Waals surface area (Å²) in [6.45, 7) is 8.05. The highest BCUT2D eigenvalue weighted by atomic mass is 32.1. The second-order valence-electron chi connectivity index (χ2n) is 6.98. The summed E-state index contributed by atoms with van der Waals surface area (Å²) in [5.41, 5.74) is 3.39. The summed E-state index contributed by atoms with van der Waals surface area (Å²) < 4.78 is 1.09. The van der Waals surface area contributed by atoms with Gasteiger partial charge in [0, 0.05) is 19.1 Å². The molecule has 0 aliphatic heterocycles. The van der Waals surface area contributed by atoms with Crippen LogP contribution in [0.15, 0.2) is 28.5 Å². The Kier molecular flexibility index (Phi) is 3.84.